The summed E-state index contributed by atoms with van der Waals surface area (Å²) in [5.74, 6) is -0.451. The van der Waals surface area contributed by atoms with Gasteiger partial charge in [-0.25, -0.2) is 0 Å². The number of amides is 2. The Kier molecular flexibility index (Phi) is 8.88. The van der Waals surface area contributed by atoms with Gasteiger partial charge in [-0.3, -0.25) is 9.59 Å². The molecule has 2 amide bonds. The van der Waals surface area contributed by atoms with Gasteiger partial charge in [0.2, 0.25) is 0 Å². The van der Waals surface area contributed by atoms with Crippen molar-refractivity contribution < 1.29 is 19.1 Å². The molecule has 0 aliphatic carbocycles. The van der Waals surface area contributed by atoms with E-state index < -0.39 is 5.91 Å². The molecule has 0 saturated carbocycles. The maximum atomic E-state index is 12.7. The smallest absolute Gasteiger partial charge is 0.262 e. The van der Waals surface area contributed by atoms with Gasteiger partial charge in [0.15, 0.2) is 18.1 Å². The summed E-state index contributed by atoms with van der Waals surface area (Å²) in [5.41, 5.74) is 1.93. The van der Waals surface area contributed by atoms with Crippen molar-refractivity contribution in [1.82, 2.24) is 5.32 Å². The molecule has 35 heavy (non-hydrogen) atoms. The van der Waals surface area contributed by atoms with Gasteiger partial charge >= 0.3 is 0 Å². The SMILES string of the molecule is COc1cc(/C=C(/C#N)C(=O)N[C@@H](C)c2ccccc2)cc(Cl)c1OCC(=O)Nc1ccccc1. The number of halogens is 1. The van der Waals surface area contributed by atoms with Crippen LogP contribution in [0.3, 0.4) is 0 Å². The Labute approximate surface area is 208 Å². The van der Waals surface area contributed by atoms with Crippen molar-refractivity contribution >= 4 is 35.2 Å². The first kappa shape index (κ1) is 25.3. The highest BCUT2D eigenvalue weighted by Crippen LogP contribution is 2.37. The van der Waals surface area contributed by atoms with E-state index in [2.05, 4.69) is 10.6 Å². The predicted octanol–water partition coefficient (Wildman–Crippen LogP) is 5.15. The normalized spacial score (nSPS) is 11.7. The molecule has 3 aromatic carbocycles. The van der Waals surface area contributed by atoms with E-state index in [1.54, 1.807) is 30.3 Å². The quantitative estimate of drug-likeness (QED) is 0.320. The fourth-order valence-corrected chi connectivity index (χ4v) is 3.51. The lowest BCUT2D eigenvalue weighted by molar-refractivity contribution is -0.118. The number of hydrogen-bond acceptors (Lipinski definition) is 5. The Morgan fingerprint density at radius 2 is 1.74 bits per heavy atom. The number of methoxy groups -OCH3 is 1. The molecule has 0 fully saturated rings. The number of para-hydroxylation sites is 1. The Bertz CT molecular complexity index is 1250. The summed E-state index contributed by atoms with van der Waals surface area (Å²) in [7, 11) is 1.43. The average Bonchev–Trinajstić information content (AvgIpc) is 2.87. The lowest BCUT2D eigenvalue weighted by atomic mass is 10.1. The van der Waals surface area contributed by atoms with Crippen LogP contribution in [0.2, 0.25) is 5.02 Å². The fourth-order valence-electron chi connectivity index (χ4n) is 3.23. The van der Waals surface area contributed by atoms with Crippen LogP contribution in [0, 0.1) is 11.3 Å². The first-order valence-corrected chi connectivity index (χ1v) is 11.1. The van der Waals surface area contributed by atoms with Crippen LogP contribution in [0.15, 0.2) is 78.4 Å². The molecule has 178 valence electrons. The monoisotopic (exact) mass is 489 g/mol. The number of anilines is 1. The second-order valence-electron chi connectivity index (χ2n) is 7.51. The largest absolute Gasteiger partial charge is 0.493 e. The Morgan fingerprint density at radius 3 is 2.37 bits per heavy atom. The third-order valence-corrected chi connectivity index (χ3v) is 5.26. The van der Waals surface area contributed by atoms with Crippen LogP contribution in [0.4, 0.5) is 5.69 Å². The van der Waals surface area contributed by atoms with Crippen molar-refractivity contribution in [2.45, 2.75) is 13.0 Å². The Balaban J connectivity index is 1.72. The molecule has 0 aliphatic heterocycles. The molecule has 0 aliphatic rings. The first-order chi connectivity index (χ1) is 16.9. The summed E-state index contributed by atoms with van der Waals surface area (Å²) >= 11 is 6.38. The van der Waals surface area contributed by atoms with Crippen molar-refractivity contribution in [2.75, 3.05) is 19.0 Å². The maximum Gasteiger partial charge on any atom is 0.262 e. The minimum absolute atomic E-state index is 0.0955. The molecule has 0 saturated heterocycles. The molecule has 2 N–H and O–H groups in total. The van der Waals surface area contributed by atoms with Crippen LogP contribution in [-0.4, -0.2) is 25.5 Å². The van der Waals surface area contributed by atoms with E-state index in [0.29, 0.717) is 11.3 Å². The molecule has 0 unspecified atom stereocenters. The summed E-state index contributed by atoms with van der Waals surface area (Å²) in [6, 6.07) is 23.1. The van der Waals surface area contributed by atoms with Gasteiger partial charge in [-0.1, -0.05) is 60.1 Å². The molecule has 0 heterocycles. The Hall–Kier alpha value is -4.28. The lowest BCUT2D eigenvalue weighted by Gasteiger charge is -2.15. The number of rotatable bonds is 9. The van der Waals surface area contributed by atoms with E-state index in [-0.39, 0.29) is 40.7 Å². The van der Waals surface area contributed by atoms with Gasteiger partial charge in [0, 0.05) is 5.69 Å². The van der Waals surface area contributed by atoms with E-state index >= 15 is 0 Å². The predicted molar refractivity (Wildman–Crippen MR) is 135 cm³/mol. The Morgan fingerprint density at radius 1 is 1.09 bits per heavy atom. The zero-order valence-electron chi connectivity index (χ0n) is 19.2. The number of ether oxygens (including phenoxy) is 2. The second kappa shape index (κ2) is 12.3. The number of carbonyl (C=O) groups excluding carboxylic acids is 2. The number of nitrogens with one attached hydrogen (secondary N) is 2. The molecule has 0 bridgehead atoms. The van der Waals surface area contributed by atoms with Crippen molar-refractivity contribution in [1.29, 1.82) is 5.26 Å². The third kappa shape index (κ3) is 7.10. The van der Waals surface area contributed by atoms with E-state index in [1.165, 1.54) is 19.3 Å². The molecule has 3 rings (SSSR count). The second-order valence-corrected chi connectivity index (χ2v) is 7.92. The highest BCUT2D eigenvalue weighted by molar-refractivity contribution is 6.32. The van der Waals surface area contributed by atoms with E-state index in [4.69, 9.17) is 21.1 Å². The molecular formula is C27H24ClN3O4. The highest BCUT2D eigenvalue weighted by atomic mass is 35.5. The zero-order chi connectivity index (χ0) is 25.2. The van der Waals surface area contributed by atoms with E-state index in [1.807, 2.05) is 49.4 Å². The van der Waals surface area contributed by atoms with Crippen molar-refractivity contribution in [3.63, 3.8) is 0 Å². The van der Waals surface area contributed by atoms with Crippen LogP contribution < -0.4 is 20.1 Å². The summed E-state index contributed by atoms with van der Waals surface area (Å²) in [4.78, 5) is 24.9. The third-order valence-electron chi connectivity index (χ3n) is 4.98. The number of nitrogens with zero attached hydrogens (tertiary/aromatic N) is 1. The van der Waals surface area contributed by atoms with Crippen LogP contribution in [0.25, 0.3) is 6.08 Å². The van der Waals surface area contributed by atoms with Gasteiger partial charge < -0.3 is 20.1 Å². The molecule has 1 atom stereocenters. The molecule has 0 aromatic heterocycles. The average molecular weight is 490 g/mol. The molecular weight excluding hydrogens is 466 g/mol. The van der Waals surface area contributed by atoms with Crippen molar-refractivity contribution in [3.8, 4) is 17.6 Å². The standard InChI is InChI=1S/C27H24ClN3O4/c1-18(20-9-5-3-6-10-20)30-27(33)21(16-29)13-19-14-23(28)26(24(15-19)34-2)35-17-25(32)31-22-11-7-4-8-12-22/h3-15,18H,17H2,1-2H3,(H,30,33)(H,31,32)/b21-13-/t18-/m0/s1. The number of carbonyl (C=O) groups is 2. The van der Waals surface area contributed by atoms with Gasteiger partial charge in [-0.15, -0.1) is 0 Å². The van der Waals surface area contributed by atoms with Crippen LogP contribution in [0.1, 0.15) is 24.1 Å². The summed E-state index contributed by atoms with van der Waals surface area (Å²) < 4.78 is 11.0. The summed E-state index contributed by atoms with van der Waals surface area (Å²) in [6.45, 7) is 1.55. The highest BCUT2D eigenvalue weighted by Gasteiger charge is 2.17. The number of benzene rings is 3. The topological polar surface area (TPSA) is 100 Å². The number of hydrogen-bond donors (Lipinski definition) is 2. The minimum Gasteiger partial charge on any atom is -0.493 e. The summed E-state index contributed by atoms with van der Waals surface area (Å²) in [5, 5.41) is 15.2. The van der Waals surface area contributed by atoms with Crippen LogP contribution >= 0.6 is 11.6 Å². The molecule has 3 aromatic rings. The van der Waals surface area contributed by atoms with E-state index in [9.17, 15) is 14.9 Å². The van der Waals surface area contributed by atoms with Crippen molar-refractivity contribution in [2.24, 2.45) is 0 Å². The minimum atomic E-state index is -0.517. The number of nitriles is 1. The van der Waals surface area contributed by atoms with Crippen molar-refractivity contribution in [3.05, 3.63) is 94.5 Å². The summed E-state index contributed by atoms with van der Waals surface area (Å²) in [6.07, 6.45) is 1.41. The van der Waals surface area contributed by atoms with Crippen LogP contribution in [-0.2, 0) is 9.59 Å². The van der Waals surface area contributed by atoms with Gasteiger partial charge in [0.25, 0.3) is 11.8 Å². The van der Waals surface area contributed by atoms with Gasteiger partial charge in [0.05, 0.1) is 18.2 Å². The molecule has 0 spiro atoms. The van der Waals surface area contributed by atoms with Crippen LogP contribution in [0.5, 0.6) is 11.5 Å². The van der Waals surface area contributed by atoms with Gasteiger partial charge in [-0.2, -0.15) is 5.26 Å². The molecule has 0 radical (unpaired) electrons. The van der Waals surface area contributed by atoms with Gasteiger partial charge in [-0.05, 0) is 48.4 Å². The fraction of sp³-hybridized carbons (Fsp3) is 0.148. The lowest BCUT2D eigenvalue weighted by Crippen LogP contribution is -2.27. The van der Waals surface area contributed by atoms with E-state index in [0.717, 1.165) is 5.56 Å². The maximum absolute atomic E-state index is 12.7. The molecule has 7 nitrogen and oxygen atoms in total. The zero-order valence-corrected chi connectivity index (χ0v) is 20.0. The first-order valence-electron chi connectivity index (χ1n) is 10.7. The molecule has 8 heteroatoms. The van der Waals surface area contributed by atoms with Gasteiger partial charge in [0.1, 0.15) is 11.6 Å².